The second-order valence-electron chi connectivity index (χ2n) is 4.21. The Morgan fingerprint density at radius 3 is 3.06 bits per heavy atom. The lowest BCUT2D eigenvalue weighted by molar-refractivity contribution is -0.118. The molecule has 86 valence electrons. The summed E-state index contributed by atoms with van der Waals surface area (Å²) in [6.07, 6.45) is 5.31. The van der Waals surface area contributed by atoms with Gasteiger partial charge in [-0.15, -0.1) is 0 Å². The molecule has 2 aromatic heterocycles. The van der Waals surface area contributed by atoms with Gasteiger partial charge in [0, 0.05) is 29.3 Å². The van der Waals surface area contributed by atoms with Crippen molar-refractivity contribution in [1.29, 1.82) is 0 Å². The van der Waals surface area contributed by atoms with Crippen molar-refractivity contribution in [1.82, 2.24) is 9.97 Å². The molecule has 17 heavy (non-hydrogen) atoms. The van der Waals surface area contributed by atoms with E-state index < -0.39 is 0 Å². The Bertz CT molecular complexity index is 610. The highest BCUT2D eigenvalue weighted by atomic mass is 16.1. The van der Waals surface area contributed by atoms with Crippen molar-refractivity contribution in [3.8, 4) is 0 Å². The Kier molecular flexibility index (Phi) is 2.18. The minimum atomic E-state index is -0.108. The third-order valence-electron chi connectivity index (χ3n) is 2.89. The molecule has 1 amide bonds. The zero-order valence-electron chi connectivity index (χ0n) is 9.18. The number of aromatic nitrogens is 2. The standard InChI is InChI=1S/C12H12N4O/c13-10(16-12(17)7-1-2-7)8-3-5-14-11-9(8)4-6-15-11/h3-7H,1-2H2,(H,14,15)(H2,13,16,17). The summed E-state index contributed by atoms with van der Waals surface area (Å²) in [6.45, 7) is 0. The van der Waals surface area contributed by atoms with Gasteiger partial charge in [-0.3, -0.25) is 4.79 Å². The molecule has 0 atom stereocenters. The van der Waals surface area contributed by atoms with Gasteiger partial charge >= 0.3 is 0 Å². The Balaban J connectivity index is 2.02. The van der Waals surface area contributed by atoms with Gasteiger partial charge < -0.3 is 10.7 Å². The van der Waals surface area contributed by atoms with Crippen molar-refractivity contribution >= 4 is 22.8 Å². The van der Waals surface area contributed by atoms with E-state index in [4.69, 9.17) is 5.73 Å². The van der Waals surface area contributed by atoms with Crippen molar-refractivity contribution in [2.75, 3.05) is 0 Å². The molecule has 0 bridgehead atoms. The average Bonchev–Trinajstić information content (AvgIpc) is 3.06. The number of nitrogens with one attached hydrogen (secondary N) is 1. The van der Waals surface area contributed by atoms with E-state index in [-0.39, 0.29) is 17.7 Å². The first-order valence-electron chi connectivity index (χ1n) is 5.56. The zero-order chi connectivity index (χ0) is 11.8. The first-order valence-corrected chi connectivity index (χ1v) is 5.56. The van der Waals surface area contributed by atoms with Crippen LogP contribution in [-0.4, -0.2) is 21.7 Å². The first kappa shape index (κ1) is 10.0. The van der Waals surface area contributed by atoms with Gasteiger partial charge in [-0.25, -0.2) is 4.98 Å². The molecule has 0 radical (unpaired) electrons. The Labute approximate surface area is 97.8 Å². The minimum absolute atomic E-state index is 0.0945. The summed E-state index contributed by atoms with van der Waals surface area (Å²) >= 11 is 0. The number of aromatic amines is 1. The van der Waals surface area contributed by atoms with Gasteiger partial charge in [-0.05, 0) is 25.0 Å². The lowest BCUT2D eigenvalue weighted by Crippen LogP contribution is -2.16. The third kappa shape index (κ3) is 1.80. The van der Waals surface area contributed by atoms with Crippen LogP contribution in [0.25, 0.3) is 11.0 Å². The Morgan fingerprint density at radius 1 is 1.47 bits per heavy atom. The molecule has 1 aliphatic carbocycles. The van der Waals surface area contributed by atoms with Crippen molar-refractivity contribution in [2.45, 2.75) is 12.8 Å². The summed E-state index contributed by atoms with van der Waals surface area (Å²) in [5.41, 5.74) is 7.38. The normalized spacial score (nSPS) is 16.4. The average molecular weight is 228 g/mol. The van der Waals surface area contributed by atoms with Crippen molar-refractivity contribution in [3.63, 3.8) is 0 Å². The number of fused-ring (bicyclic) bond motifs is 1. The highest BCUT2D eigenvalue weighted by Crippen LogP contribution is 2.30. The van der Waals surface area contributed by atoms with Crippen LogP contribution in [-0.2, 0) is 4.79 Å². The maximum Gasteiger partial charge on any atom is 0.250 e. The fraction of sp³-hybridized carbons (Fsp3) is 0.250. The van der Waals surface area contributed by atoms with E-state index in [2.05, 4.69) is 15.0 Å². The number of hydrogen-bond acceptors (Lipinski definition) is 2. The molecule has 0 aromatic carbocycles. The number of hydrogen-bond donors (Lipinski definition) is 2. The molecule has 5 nitrogen and oxygen atoms in total. The molecule has 2 heterocycles. The van der Waals surface area contributed by atoms with E-state index >= 15 is 0 Å². The molecule has 0 unspecified atom stereocenters. The summed E-state index contributed by atoms with van der Waals surface area (Å²) in [5, 5.41) is 0.886. The number of amidine groups is 1. The maximum atomic E-state index is 11.6. The van der Waals surface area contributed by atoms with Gasteiger partial charge in [-0.1, -0.05) is 0 Å². The molecule has 0 spiro atoms. The molecule has 3 N–H and O–H groups in total. The molecule has 0 saturated heterocycles. The van der Waals surface area contributed by atoms with Crippen LogP contribution < -0.4 is 5.73 Å². The van der Waals surface area contributed by atoms with Crippen LogP contribution in [0.2, 0.25) is 0 Å². The second-order valence-corrected chi connectivity index (χ2v) is 4.21. The molecule has 1 saturated carbocycles. The van der Waals surface area contributed by atoms with Crippen LogP contribution in [0.5, 0.6) is 0 Å². The van der Waals surface area contributed by atoms with Crippen molar-refractivity contribution in [3.05, 3.63) is 30.1 Å². The SMILES string of the molecule is NC(=NC(=O)C1CC1)c1ccnc2[nH]ccc12. The number of aliphatic imine (C=N–C) groups is 1. The van der Waals surface area contributed by atoms with Gasteiger partial charge in [0.05, 0.1) is 0 Å². The number of H-pyrrole nitrogens is 1. The lowest BCUT2D eigenvalue weighted by Gasteiger charge is -2.01. The molecular weight excluding hydrogens is 216 g/mol. The van der Waals surface area contributed by atoms with E-state index in [0.717, 1.165) is 29.4 Å². The van der Waals surface area contributed by atoms with E-state index in [1.165, 1.54) is 0 Å². The second kappa shape index (κ2) is 3.69. The summed E-state index contributed by atoms with van der Waals surface area (Å²) in [5.74, 6) is 0.258. The fourth-order valence-corrected chi connectivity index (χ4v) is 1.78. The smallest absolute Gasteiger partial charge is 0.250 e. The van der Waals surface area contributed by atoms with Crippen LogP contribution >= 0.6 is 0 Å². The topological polar surface area (TPSA) is 84.1 Å². The Hall–Kier alpha value is -2.17. The van der Waals surface area contributed by atoms with Crippen molar-refractivity contribution < 1.29 is 4.79 Å². The van der Waals surface area contributed by atoms with E-state index in [1.807, 2.05) is 6.07 Å². The fourth-order valence-electron chi connectivity index (χ4n) is 1.78. The number of pyridine rings is 1. The summed E-state index contributed by atoms with van der Waals surface area (Å²) in [6, 6.07) is 3.65. The number of carbonyl (C=O) groups excluding carboxylic acids is 1. The summed E-state index contributed by atoms with van der Waals surface area (Å²) < 4.78 is 0. The molecule has 0 aliphatic heterocycles. The highest BCUT2D eigenvalue weighted by Gasteiger charge is 2.29. The lowest BCUT2D eigenvalue weighted by atomic mass is 10.2. The predicted molar refractivity (Wildman–Crippen MR) is 64.5 cm³/mol. The minimum Gasteiger partial charge on any atom is -0.383 e. The van der Waals surface area contributed by atoms with Crippen molar-refractivity contribution in [2.24, 2.45) is 16.6 Å². The zero-order valence-corrected chi connectivity index (χ0v) is 9.18. The maximum absolute atomic E-state index is 11.6. The molecule has 1 fully saturated rings. The van der Waals surface area contributed by atoms with Gasteiger partial charge in [0.25, 0.3) is 5.91 Å². The largest absolute Gasteiger partial charge is 0.383 e. The monoisotopic (exact) mass is 228 g/mol. The molecule has 2 aromatic rings. The van der Waals surface area contributed by atoms with Gasteiger partial charge in [-0.2, -0.15) is 4.99 Å². The summed E-state index contributed by atoms with van der Waals surface area (Å²) in [4.78, 5) is 22.7. The summed E-state index contributed by atoms with van der Waals surface area (Å²) in [7, 11) is 0. The van der Waals surface area contributed by atoms with E-state index in [1.54, 1.807) is 18.5 Å². The number of amides is 1. The van der Waals surface area contributed by atoms with Crippen LogP contribution in [0.3, 0.4) is 0 Å². The van der Waals surface area contributed by atoms with Crippen LogP contribution in [0, 0.1) is 5.92 Å². The number of carbonyl (C=O) groups is 1. The van der Waals surface area contributed by atoms with Gasteiger partial charge in [0.1, 0.15) is 11.5 Å². The molecule has 3 rings (SSSR count). The first-order chi connectivity index (χ1) is 8.25. The molecular formula is C12H12N4O. The predicted octanol–water partition coefficient (Wildman–Crippen LogP) is 1.20. The number of nitrogens with two attached hydrogens (primary N) is 1. The highest BCUT2D eigenvalue weighted by molar-refractivity contribution is 6.11. The number of rotatable bonds is 2. The number of nitrogens with zero attached hydrogens (tertiary/aromatic N) is 2. The Morgan fingerprint density at radius 2 is 2.29 bits per heavy atom. The van der Waals surface area contributed by atoms with Crippen LogP contribution in [0.4, 0.5) is 0 Å². The molecule has 5 heteroatoms. The van der Waals surface area contributed by atoms with E-state index in [0.29, 0.717) is 0 Å². The van der Waals surface area contributed by atoms with Gasteiger partial charge in [0.15, 0.2) is 0 Å². The quantitative estimate of drug-likeness (QED) is 0.598. The van der Waals surface area contributed by atoms with Crippen LogP contribution in [0.1, 0.15) is 18.4 Å². The molecule has 1 aliphatic rings. The van der Waals surface area contributed by atoms with E-state index in [9.17, 15) is 4.79 Å². The van der Waals surface area contributed by atoms with Crippen LogP contribution in [0.15, 0.2) is 29.5 Å². The van der Waals surface area contributed by atoms with Gasteiger partial charge in [0.2, 0.25) is 0 Å². The third-order valence-corrected chi connectivity index (χ3v) is 2.89.